The lowest BCUT2D eigenvalue weighted by molar-refractivity contribution is 0.794. The summed E-state index contributed by atoms with van der Waals surface area (Å²) in [5, 5.41) is 4.97. The van der Waals surface area contributed by atoms with Crippen LogP contribution in [0.15, 0.2) is 237 Å². The summed E-state index contributed by atoms with van der Waals surface area (Å²) in [5.41, 5.74) is 23.7. The Balaban J connectivity index is 1.05. The zero-order valence-corrected chi connectivity index (χ0v) is 35.0. The molecule has 0 bridgehead atoms. The first kappa shape index (κ1) is 35.3. The monoisotopic (exact) mass is 809 g/mol. The van der Waals surface area contributed by atoms with Crippen LogP contribution in [0, 0.1) is 0 Å². The standard InChI is InChI=1S/C63H39N/c1-3-16-40(17-4-1)42-32-34-47(35-33-42)64(59-29-15-28-58-61(59)51-24-11-14-27-57(51)63(58)55-25-12-9-22-49(55)50-23-10-13-26-56(50)63)62-48-21-8-7-20-45(48)38-54-52-39-46-36-43(41-18-5-2-6-19-41)30-31-44(46)37-53(52)60(54)62/h1-39H. The summed E-state index contributed by atoms with van der Waals surface area (Å²) in [7, 11) is 0. The Morgan fingerprint density at radius 2 is 0.812 bits per heavy atom. The van der Waals surface area contributed by atoms with Gasteiger partial charge in [0.1, 0.15) is 0 Å². The summed E-state index contributed by atoms with van der Waals surface area (Å²) in [5.74, 6) is 0. The molecule has 0 N–H and O–H groups in total. The number of benzene rings is 11. The molecule has 0 radical (unpaired) electrons. The van der Waals surface area contributed by atoms with Crippen LogP contribution in [0.4, 0.5) is 17.1 Å². The van der Waals surface area contributed by atoms with E-state index in [1.54, 1.807) is 0 Å². The molecule has 14 rings (SSSR count). The van der Waals surface area contributed by atoms with Crippen LogP contribution in [-0.2, 0) is 5.41 Å². The molecule has 0 aliphatic heterocycles. The molecule has 1 nitrogen and oxygen atoms in total. The number of hydrogen-bond acceptors (Lipinski definition) is 1. The van der Waals surface area contributed by atoms with Gasteiger partial charge in [0.25, 0.3) is 0 Å². The van der Waals surface area contributed by atoms with E-state index in [2.05, 4.69) is 241 Å². The van der Waals surface area contributed by atoms with E-state index in [0.29, 0.717) is 0 Å². The fourth-order valence-corrected chi connectivity index (χ4v) is 11.7. The average molecular weight is 810 g/mol. The predicted molar refractivity (Wildman–Crippen MR) is 268 cm³/mol. The lowest BCUT2D eigenvalue weighted by atomic mass is 9.70. The van der Waals surface area contributed by atoms with Crippen molar-refractivity contribution in [2.45, 2.75) is 5.41 Å². The third kappa shape index (κ3) is 4.79. The van der Waals surface area contributed by atoms with E-state index in [-0.39, 0.29) is 0 Å². The van der Waals surface area contributed by atoms with Gasteiger partial charge >= 0.3 is 0 Å². The molecule has 0 fully saturated rings. The minimum absolute atomic E-state index is 0.452. The summed E-state index contributed by atoms with van der Waals surface area (Å²) >= 11 is 0. The molecule has 3 aliphatic carbocycles. The summed E-state index contributed by atoms with van der Waals surface area (Å²) in [6, 6.07) is 88.3. The van der Waals surface area contributed by atoms with E-state index in [9.17, 15) is 0 Å². The van der Waals surface area contributed by atoms with Gasteiger partial charge in [-0.05, 0) is 137 Å². The molecule has 11 aromatic rings. The lowest BCUT2D eigenvalue weighted by Gasteiger charge is -2.36. The molecule has 0 saturated heterocycles. The van der Waals surface area contributed by atoms with Crippen LogP contribution in [0.1, 0.15) is 22.3 Å². The van der Waals surface area contributed by atoms with E-state index in [4.69, 9.17) is 0 Å². The van der Waals surface area contributed by atoms with Crippen molar-refractivity contribution in [3.63, 3.8) is 0 Å². The zero-order valence-electron chi connectivity index (χ0n) is 35.0. The number of nitrogens with zero attached hydrogens (tertiary/aromatic N) is 1. The molecule has 3 aliphatic rings. The maximum Gasteiger partial charge on any atom is 0.0726 e. The maximum absolute atomic E-state index is 2.60. The second kappa shape index (κ2) is 13.4. The molecule has 0 unspecified atom stereocenters. The molecule has 1 heteroatoms. The third-order valence-electron chi connectivity index (χ3n) is 14.4. The van der Waals surface area contributed by atoms with E-state index in [1.165, 1.54) is 122 Å². The van der Waals surface area contributed by atoms with Crippen molar-refractivity contribution in [1.29, 1.82) is 0 Å². The van der Waals surface area contributed by atoms with Gasteiger partial charge in [-0.3, -0.25) is 0 Å². The van der Waals surface area contributed by atoms with Crippen molar-refractivity contribution in [3.05, 3.63) is 259 Å². The molecule has 64 heavy (non-hydrogen) atoms. The van der Waals surface area contributed by atoms with Gasteiger partial charge in [0, 0.05) is 22.2 Å². The largest absolute Gasteiger partial charge is 0.309 e. The highest BCUT2D eigenvalue weighted by Gasteiger charge is 2.52. The smallest absolute Gasteiger partial charge is 0.0726 e. The van der Waals surface area contributed by atoms with E-state index in [0.717, 1.165) is 5.69 Å². The molecule has 0 aromatic heterocycles. The Labute approximate surface area is 372 Å². The molecule has 0 amide bonds. The van der Waals surface area contributed by atoms with Crippen molar-refractivity contribution in [2.75, 3.05) is 4.90 Å². The van der Waals surface area contributed by atoms with E-state index in [1.807, 2.05) is 0 Å². The second-order valence-corrected chi connectivity index (χ2v) is 17.5. The first-order valence-electron chi connectivity index (χ1n) is 22.3. The Morgan fingerprint density at radius 1 is 0.281 bits per heavy atom. The summed E-state index contributed by atoms with van der Waals surface area (Å²) in [6.07, 6.45) is 0. The zero-order chi connectivity index (χ0) is 41.9. The van der Waals surface area contributed by atoms with Gasteiger partial charge in [0.2, 0.25) is 0 Å². The van der Waals surface area contributed by atoms with Crippen LogP contribution >= 0.6 is 0 Å². The van der Waals surface area contributed by atoms with Gasteiger partial charge in [-0.1, -0.05) is 194 Å². The van der Waals surface area contributed by atoms with Crippen LogP contribution in [0.2, 0.25) is 0 Å². The number of fused-ring (bicyclic) bond motifs is 16. The minimum atomic E-state index is -0.452. The van der Waals surface area contributed by atoms with Crippen LogP contribution < -0.4 is 4.90 Å². The minimum Gasteiger partial charge on any atom is -0.309 e. The Bertz CT molecular complexity index is 3670. The molecular formula is C63H39N. The van der Waals surface area contributed by atoms with Crippen LogP contribution in [0.5, 0.6) is 0 Å². The van der Waals surface area contributed by atoms with Gasteiger partial charge in [-0.2, -0.15) is 0 Å². The van der Waals surface area contributed by atoms with Gasteiger partial charge in [-0.15, -0.1) is 0 Å². The predicted octanol–water partition coefficient (Wildman–Crippen LogP) is 16.8. The number of anilines is 3. The molecule has 0 atom stereocenters. The summed E-state index contributed by atoms with van der Waals surface area (Å²) in [4.78, 5) is 2.60. The first-order chi connectivity index (χ1) is 31.8. The van der Waals surface area contributed by atoms with Gasteiger partial charge in [0.05, 0.1) is 16.8 Å². The fourth-order valence-electron chi connectivity index (χ4n) is 11.7. The molecular weight excluding hydrogens is 771 g/mol. The van der Waals surface area contributed by atoms with Crippen LogP contribution in [-0.4, -0.2) is 0 Å². The van der Waals surface area contributed by atoms with Crippen molar-refractivity contribution in [1.82, 2.24) is 0 Å². The van der Waals surface area contributed by atoms with Crippen molar-refractivity contribution < 1.29 is 0 Å². The van der Waals surface area contributed by atoms with Crippen LogP contribution in [0.3, 0.4) is 0 Å². The third-order valence-corrected chi connectivity index (χ3v) is 14.4. The Hall–Kier alpha value is -8.26. The second-order valence-electron chi connectivity index (χ2n) is 17.5. The first-order valence-corrected chi connectivity index (χ1v) is 22.3. The highest BCUT2D eigenvalue weighted by Crippen LogP contribution is 2.66. The van der Waals surface area contributed by atoms with Gasteiger partial charge in [-0.25, -0.2) is 0 Å². The normalized spacial score (nSPS) is 13.1. The van der Waals surface area contributed by atoms with E-state index >= 15 is 0 Å². The van der Waals surface area contributed by atoms with Crippen molar-refractivity contribution in [3.8, 4) is 66.8 Å². The SMILES string of the molecule is c1ccc(-c2ccc(N(c3cccc4c3-c3ccccc3C43c4ccccc4-c4ccccc43)c3c4c(cc5ccccc35)-c3cc5cc(-c6ccccc6)ccc5cc3-4)cc2)cc1. The molecule has 11 aromatic carbocycles. The summed E-state index contributed by atoms with van der Waals surface area (Å²) in [6.45, 7) is 0. The topological polar surface area (TPSA) is 3.24 Å². The average Bonchev–Trinajstić information content (AvgIpc) is 3.84. The quantitative estimate of drug-likeness (QED) is 0.167. The Kier molecular flexibility index (Phi) is 7.38. The number of hydrogen-bond donors (Lipinski definition) is 0. The van der Waals surface area contributed by atoms with Crippen LogP contribution in [0.25, 0.3) is 88.3 Å². The van der Waals surface area contributed by atoms with Crippen molar-refractivity contribution in [2.24, 2.45) is 0 Å². The Morgan fingerprint density at radius 3 is 1.53 bits per heavy atom. The maximum atomic E-state index is 2.60. The summed E-state index contributed by atoms with van der Waals surface area (Å²) < 4.78 is 0. The van der Waals surface area contributed by atoms with Gasteiger partial charge < -0.3 is 4.90 Å². The fraction of sp³-hybridized carbons (Fsp3) is 0.0159. The van der Waals surface area contributed by atoms with Crippen molar-refractivity contribution >= 4 is 38.6 Å². The molecule has 0 saturated carbocycles. The molecule has 1 spiro atoms. The lowest BCUT2D eigenvalue weighted by Crippen LogP contribution is -2.26. The molecule has 296 valence electrons. The molecule has 0 heterocycles. The van der Waals surface area contributed by atoms with E-state index < -0.39 is 5.41 Å². The highest BCUT2D eigenvalue weighted by atomic mass is 15.2. The van der Waals surface area contributed by atoms with Gasteiger partial charge in [0.15, 0.2) is 0 Å². The number of rotatable bonds is 5. The highest BCUT2D eigenvalue weighted by molar-refractivity contribution is 6.21.